The molecule has 0 saturated heterocycles. The van der Waals surface area contributed by atoms with E-state index in [0.29, 0.717) is 21.9 Å². The number of ketones is 1. The van der Waals surface area contributed by atoms with Crippen molar-refractivity contribution in [2.24, 2.45) is 0 Å². The van der Waals surface area contributed by atoms with Crippen LogP contribution in [0.15, 0.2) is 30.3 Å². The normalized spacial score (nSPS) is 17.8. The fourth-order valence-electron chi connectivity index (χ4n) is 2.62. The average molecular weight is 268 g/mol. The molecule has 0 bridgehead atoms. The smallest absolute Gasteiger partial charge is 0.173 e. The summed E-state index contributed by atoms with van der Waals surface area (Å²) in [5.41, 5.74) is 8.31. The highest BCUT2D eigenvalue weighted by atomic mass is 32.1. The lowest BCUT2D eigenvalue weighted by Crippen LogP contribution is -2.17. The summed E-state index contributed by atoms with van der Waals surface area (Å²) in [6.07, 6.45) is 1.23. The first-order chi connectivity index (χ1) is 9.20. The second-order valence-electron chi connectivity index (χ2n) is 4.70. The zero-order chi connectivity index (χ0) is 13.4. The largest absolute Gasteiger partial charge is 0.389 e. The van der Waals surface area contributed by atoms with E-state index in [1.165, 1.54) is 11.3 Å². The molecule has 0 amide bonds. The van der Waals surface area contributed by atoms with Gasteiger partial charge in [-0.05, 0) is 23.5 Å². The van der Waals surface area contributed by atoms with Crippen LogP contribution in [0.3, 0.4) is 0 Å². The van der Waals surface area contributed by atoms with Gasteiger partial charge in [0, 0.05) is 6.42 Å². The van der Waals surface area contributed by atoms with Gasteiger partial charge in [0.25, 0.3) is 0 Å². The second-order valence-corrected chi connectivity index (χ2v) is 5.75. The van der Waals surface area contributed by atoms with E-state index in [0.717, 1.165) is 17.5 Å². The molecule has 1 atom stereocenters. The molecule has 1 aromatic heterocycles. The Morgan fingerprint density at radius 1 is 1.26 bits per heavy atom. The van der Waals surface area contributed by atoms with Crippen LogP contribution >= 0.6 is 11.3 Å². The fraction of sp³-hybridized carbons (Fsp3) is 0.200. The van der Waals surface area contributed by atoms with E-state index in [9.17, 15) is 10.1 Å². The molecule has 1 unspecified atom stereocenters. The van der Waals surface area contributed by atoms with Crippen LogP contribution in [-0.4, -0.2) is 5.78 Å². The van der Waals surface area contributed by atoms with Gasteiger partial charge in [0.05, 0.1) is 10.4 Å². The third-order valence-corrected chi connectivity index (χ3v) is 4.65. The highest BCUT2D eigenvalue weighted by Crippen LogP contribution is 2.40. The first kappa shape index (κ1) is 11.9. The monoisotopic (exact) mass is 268 g/mol. The van der Waals surface area contributed by atoms with Crippen molar-refractivity contribution in [3.63, 3.8) is 0 Å². The summed E-state index contributed by atoms with van der Waals surface area (Å²) in [6, 6.07) is 12.1. The summed E-state index contributed by atoms with van der Waals surface area (Å²) in [5, 5.41) is 9.64. The highest BCUT2D eigenvalue weighted by molar-refractivity contribution is 7.18. The molecule has 0 spiro atoms. The molecule has 0 aliphatic heterocycles. The predicted octanol–water partition coefficient (Wildman–Crippen LogP) is 3.11. The van der Waals surface area contributed by atoms with E-state index in [-0.39, 0.29) is 11.7 Å². The van der Waals surface area contributed by atoms with Crippen molar-refractivity contribution in [1.29, 1.82) is 5.26 Å². The third kappa shape index (κ3) is 1.92. The van der Waals surface area contributed by atoms with Gasteiger partial charge in [0.15, 0.2) is 5.78 Å². The number of thiophene rings is 1. The van der Waals surface area contributed by atoms with Crippen molar-refractivity contribution in [1.82, 2.24) is 0 Å². The molecule has 2 aromatic rings. The first-order valence-corrected chi connectivity index (χ1v) is 6.91. The van der Waals surface area contributed by atoms with Crippen LogP contribution in [0.4, 0.5) is 5.00 Å². The van der Waals surface area contributed by atoms with E-state index in [1.54, 1.807) is 0 Å². The van der Waals surface area contributed by atoms with Gasteiger partial charge in [0.1, 0.15) is 11.1 Å². The van der Waals surface area contributed by atoms with Gasteiger partial charge in [-0.1, -0.05) is 30.3 Å². The lowest BCUT2D eigenvalue weighted by atomic mass is 9.82. The number of nitrogen functional groups attached to an aromatic ring is 1. The summed E-state index contributed by atoms with van der Waals surface area (Å²) in [6.45, 7) is 0. The van der Waals surface area contributed by atoms with Crippen LogP contribution in [0.25, 0.3) is 0 Å². The molecule has 0 fully saturated rings. The number of carbonyl (C=O) groups is 1. The van der Waals surface area contributed by atoms with Gasteiger partial charge < -0.3 is 5.73 Å². The third-order valence-electron chi connectivity index (χ3n) is 3.55. The molecule has 4 heteroatoms. The van der Waals surface area contributed by atoms with Crippen molar-refractivity contribution in [3.05, 3.63) is 51.9 Å². The van der Waals surface area contributed by atoms with Crippen LogP contribution in [-0.2, 0) is 6.42 Å². The molecule has 0 radical (unpaired) electrons. The second kappa shape index (κ2) is 4.52. The van der Waals surface area contributed by atoms with Crippen molar-refractivity contribution in [2.75, 3.05) is 5.73 Å². The standard InChI is InChI=1S/C15H12N2OS/c16-8-12-11-6-10(9-4-2-1-3-5-9)7-13(18)14(11)19-15(12)17/h1-5,10H,6-7,17H2. The molecule has 94 valence electrons. The van der Waals surface area contributed by atoms with Crippen molar-refractivity contribution >= 4 is 22.1 Å². The molecule has 1 aliphatic rings. The quantitative estimate of drug-likeness (QED) is 0.864. The van der Waals surface area contributed by atoms with Gasteiger partial charge in [-0.2, -0.15) is 5.26 Å². The van der Waals surface area contributed by atoms with Gasteiger partial charge >= 0.3 is 0 Å². The molecule has 19 heavy (non-hydrogen) atoms. The minimum atomic E-state index is 0.105. The zero-order valence-electron chi connectivity index (χ0n) is 10.2. The van der Waals surface area contributed by atoms with Crippen LogP contribution in [0.5, 0.6) is 0 Å². The summed E-state index contributed by atoms with van der Waals surface area (Å²) < 4.78 is 0. The Morgan fingerprint density at radius 2 is 2.00 bits per heavy atom. The van der Waals surface area contributed by atoms with E-state index < -0.39 is 0 Å². The average Bonchev–Trinajstić information content (AvgIpc) is 2.76. The minimum absolute atomic E-state index is 0.105. The summed E-state index contributed by atoms with van der Waals surface area (Å²) in [4.78, 5) is 12.9. The maximum atomic E-state index is 12.2. The number of Topliss-reactive ketones (excluding diaryl/α,β-unsaturated/α-hetero) is 1. The molecule has 1 heterocycles. The highest BCUT2D eigenvalue weighted by Gasteiger charge is 2.31. The molecule has 3 rings (SSSR count). The van der Waals surface area contributed by atoms with Gasteiger partial charge in [-0.3, -0.25) is 4.79 Å². The van der Waals surface area contributed by atoms with Crippen LogP contribution in [0.1, 0.15) is 38.7 Å². The van der Waals surface area contributed by atoms with E-state index >= 15 is 0 Å². The molecule has 2 N–H and O–H groups in total. The molecular formula is C15H12N2OS. The Hall–Kier alpha value is -2.12. The Kier molecular flexibility index (Phi) is 2.84. The topological polar surface area (TPSA) is 66.9 Å². The SMILES string of the molecule is N#Cc1c(N)sc2c1CC(c1ccccc1)CC2=O. The van der Waals surface area contributed by atoms with Gasteiger partial charge in [-0.15, -0.1) is 11.3 Å². The fourth-order valence-corrected chi connectivity index (χ4v) is 3.62. The number of nitrogens with zero attached hydrogens (tertiary/aromatic N) is 1. The van der Waals surface area contributed by atoms with Crippen LogP contribution in [0.2, 0.25) is 0 Å². The molecule has 1 aromatic carbocycles. The van der Waals surface area contributed by atoms with Crippen molar-refractivity contribution in [3.8, 4) is 6.07 Å². The molecule has 0 saturated carbocycles. The van der Waals surface area contributed by atoms with Crippen LogP contribution < -0.4 is 5.73 Å². The number of hydrogen-bond acceptors (Lipinski definition) is 4. The zero-order valence-corrected chi connectivity index (χ0v) is 11.0. The number of fused-ring (bicyclic) bond motifs is 1. The Bertz CT molecular complexity index is 682. The lowest BCUT2D eigenvalue weighted by molar-refractivity contribution is 0.0968. The summed E-state index contributed by atoms with van der Waals surface area (Å²) >= 11 is 1.25. The first-order valence-electron chi connectivity index (χ1n) is 6.10. The minimum Gasteiger partial charge on any atom is -0.389 e. The molecule has 1 aliphatic carbocycles. The number of carbonyl (C=O) groups excluding carboxylic acids is 1. The molecular weight excluding hydrogens is 256 g/mol. The van der Waals surface area contributed by atoms with Crippen molar-refractivity contribution in [2.45, 2.75) is 18.8 Å². The number of rotatable bonds is 1. The van der Waals surface area contributed by atoms with Gasteiger partial charge in [0.2, 0.25) is 0 Å². The van der Waals surface area contributed by atoms with E-state index in [4.69, 9.17) is 5.73 Å². The number of hydrogen-bond donors (Lipinski definition) is 1. The number of anilines is 1. The maximum absolute atomic E-state index is 12.2. The Balaban J connectivity index is 2.05. The number of nitrogens with two attached hydrogens (primary N) is 1. The van der Waals surface area contributed by atoms with Crippen molar-refractivity contribution < 1.29 is 4.79 Å². The summed E-state index contributed by atoms with van der Waals surface area (Å²) in [7, 11) is 0. The maximum Gasteiger partial charge on any atom is 0.173 e. The lowest BCUT2D eigenvalue weighted by Gasteiger charge is -2.21. The summed E-state index contributed by atoms with van der Waals surface area (Å²) in [5.74, 6) is 0.260. The van der Waals surface area contributed by atoms with Gasteiger partial charge in [-0.25, -0.2) is 0 Å². The predicted molar refractivity (Wildman–Crippen MR) is 75.3 cm³/mol. The molecule has 3 nitrogen and oxygen atoms in total. The number of nitriles is 1. The van der Waals surface area contributed by atoms with Crippen LogP contribution in [0, 0.1) is 11.3 Å². The van der Waals surface area contributed by atoms with E-state index in [1.807, 2.05) is 30.3 Å². The Labute approximate surface area is 115 Å². The Morgan fingerprint density at radius 3 is 2.68 bits per heavy atom. The number of benzene rings is 1. The van der Waals surface area contributed by atoms with E-state index in [2.05, 4.69) is 6.07 Å².